The molecule has 6 heteroatoms. The molecule has 2 rings (SSSR count). The molecule has 0 saturated heterocycles. The zero-order chi connectivity index (χ0) is 13.4. The summed E-state index contributed by atoms with van der Waals surface area (Å²) < 4.78 is 5.48. The maximum absolute atomic E-state index is 11.3. The number of rotatable bonds is 1. The molecule has 0 spiro atoms. The summed E-state index contributed by atoms with van der Waals surface area (Å²) >= 11 is 2.14. The molecule has 20 heavy (non-hydrogen) atoms. The molecule has 2 nitrogen and oxygen atoms in total. The zero-order valence-corrected chi connectivity index (χ0v) is 15.5. The van der Waals surface area contributed by atoms with Crippen LogP contribution in [0, 0.1) is 0 Å². The van der Waals surface area contributed by atoms with Crippen LogP contribution in [-0.2, 0) is 20.4 Å². The third-order valence-electron chi connectivity index (χ3n) is 2.12. The first-order chi connectivity index (χ1) is 8.59. The van der Waals surface area contributed by atoms with Crippen molar-refractivity contribution in [2.24, 2.45) is 4.63 Å². The van der Waals surface area contributed by atoms with Crippen LogP contribution in [0.2, 0.25) is 13.1 Å². The Morgan fingerprint density at radius 2 is 1.80 bits per heavy atom. The van der Waals surface area contributed by atoms with Crippen LogP contribution in [0.4, 0.5) is 0 Å². The number of halogens is 2. The monoisotopic (exact) mass is 360 g/mol. The molecule has 1 aliphatic rings. The summed E-state index contributed by atoms with van der Waals surface area (Å²) in [4.78, 5) is 11.3. The van der Waals surface area contributed by atoms with Crippen molar-refractivity contribution >= 4 is 14.5 Å². The number of benzene rings is 1. The second-order valence-corrected chi connectivity index (χ2v) is 7.18. The summed E-state index contributed by atoms with van der Waals surface area (Å²) in [5, 5.41) is 0. The van der Waals surface area contributed by atoms with E-state index < -0.39 is 8.59 Å². The SMILES string of the molecule is C[Si](C)=NC(=O)c1ccccc1.[Cl-].[Cl-].[Ti+2][C]1=CC=CC1. The van der Waals surface area contributed by atoms with E-state index in [2.05, 4.69) is 43.3 Å². The summed E-state index contributed by atoms with van der Waals surface area (Å²) in [6, 6.07) is 9.16. The van der Waals surface area contributed by atoms with Gasteiger partial charge in [-0.1, -0.05) is 18.2 Å². The molecule has 0 aliphatic heterocycles. The minimum absolute atomic E-state index is 0. The van der Waals surface area contributed by atoms with E-state index in [4.69, 9.17) is 0 Å². The normalized spacial score (nSPS) is 11.1. The number of carbonyl (C=O) groups is 1. The second-order valence-electron chi connectivity index (χ2n) is 4.05. The van der Waals surface area contributed by atoms with Gasteiger partial charge in [-0.05, 0) is 25.2 Å². The Hall–Kier alpha value is -0.319. The van der Waals surface area contributed by atoms with Gasteiger partial charge in [0.25, 0.3) is 5.91 Å². The van der Waals surface area contributed by atoms with Crippen LogP contribution in [0.15, 0.2) is 57.1 Å². The summed E-state index contributed by atoms with van der Waals surface area (Å²) in [6.07, 6.45) is 7.56. The minimum atomic E-state index is -0.805. The van der Waals surface area contributed by atoms with Crippen molar-refractivity contribution in [2.45, 2.75) is 19.5 Å². The van der Waals surface area contributed by atoms with E-state index in [0.717, 1.165) is 0 Å². The third kappa shape index (κ3) is 9.56. The summed E-state index contributed by atoms with van der Waals surface area (Å²) in [6.45, 7) is 3.98. The van der Waals surface area contributed by atoms with Crippen LogP contribution in [0.3, 0.4) is 0 Å². The van der Waals surface area contributed by atoms with Gasteiger partial charge in [-0.2, -0.15) is 0 Å². The van der Waals surface area contributed by atoms with E-state index in [1.165, 1.54) is 10.3 Å². The molecule has 0 radical (unpaired) electrons. The van der Waals surface area contributed by atoms with Gasteiger partial charge in [0.15, 0.2) is 0 Å². The molecule has 1 aliphatic carbocycles. The molecular formula is C14H16Cl2NOSiTi. The van der Waals surface area contributed by atoms with Crippen LogP contribution >= 0.6 is 0 Å². The predicted octanol–water partition coefficient (Wildman–Crippen LogP) is -2.27. The molecule has 0 aromatic heterocycles. The maximum atomic E-state index is 11.3. The summed E-state index contributed by atoms with van der Waals surface area (Å²) in [5.41, 5.74) is 0.684. The van der Waals surface area contributed by atoms with Crippen molar-refractivity contribution in [1.29, 1.82) is 0 Å². The zero-order valence-electron chi connectivity index (χ0n) is 11.4. The Morgan fingerprint density at radius 1 is 1.20 bits per heavy atom. The van der Waals surface area contributed by atoms with Gasteiger partial charge in [0.1, 0.15) is 8.59 Å². The van der Waals surface area contributed by atoms with E-state index in [9.17, 15) is 4.79 Å². The molecule has 0 unspecified atom stereocenters. The van der Waals surface area contributed by atoms with Gasteiger partial charge < -0.3 is 24.8 Å². The number of allylic oxidation sites excluding steroid dienone is 4. The molecular weight excluding hydrogens is 345 g/mol. The van der Waals surface area contributed by atoms with Crippen LogP contribution in [0.5, 0.6) is 0 Å². The number of hydrogen-bond donors (Lipinski definition) is 0. The number of carbonyl (C=O) groups excluding carboxylic acids is 1. The molecule has 0 atom stereocenters. The average molecular weight is 361 g/mol. The quantitative estimate of drug-likeness (QED) is 0.519. The molecule has 0 bridgehead atoms. The van der Waals surface area contributed by atoms with Crippen molar-refractivity contribution in [3.63, 3.8) is 0 Å². The Bertz CT molecular complexity index is 497. The van der Waals surface area contributed by atoms with E-state index in [1.54, 1.807) is 12.1 Å². The first-order valence-electron chi connectivity index (χ1n) is 5.78. The van der Waals surface area contributed by atoms with Crippen LogP contribution < -0.4 is 24.8 Å². The van der Waals surface area contributed by atoms with E-state index in [1.807, 2.05) is 31.3 Å². The van der Waals surface area contributed by atoms with Gasteiger partial charge in [-0.15, -0.1) is 0 Å². The van der Waals surface area contributed by atoms with E-state index in [-0.39, 0.29) is 30.7 Å². The molecule has 0 fully saturated rings. The Balaban J connectivity index is 0. The van der Waals surface area contributed by atoms with Gasteiger partial charge in [-0.3, -0.25) is 9.43 Å². The van der Waals surface area contributed by atoms with E-state index >= 15 is 0 Å². The van der Waals surface area contributed by atoms with Crippen molar-refractivity contribution in [3.8, 4) is 0 Å². The third-order valence-corrected chi connectivity index (χ3v) is 3.35. The van der Waals surface area contributed by atoms with Gasteiger partial charge in [0.2, 0.25) is 0 Å². The van der Waals surface area contributed by atoms with Crippen molar-refractivity contribution < 1.29 is 50.0 Å². The number of hydrogen-bond acceptors (Lipinski definition) is 1. The fourth-order valence-electron chi connectivity index (χ4n) is 1.30. The molecule has 105 valence electrons. The summed E-state index contributed by atoms with van der Waals surface area (Å²) in [5.74, 6) is -0.0884. The van der Waals surface area contributed by atoms with Gasteiger partial charge in [0.05, 0.1) is 0 Å². The molecule has 1 aromatic rings. The Morgan fingerprint density at radius 3 is 2.15 bits per heavy atom. The first-order valence-corrected chi connectivity index (χ1v) is 9.01. The summed E-state index contributed by atoms with van der Waals surface area (Å²) in [7, 11) is -0.805. The van der Waals surface area contributed by atoms with Crippen LogP contribution in [0.25, 0.3) is 0 Å². The van der Waals surface area contributed by atoms with Gasteiger partial charge in [-0.25, -0.2) is 0 Å². The van der Waals surface area contributed by atoms with Gasteiger partial charge in [0, 0.05) is 5.56 Å². The van der Waals surface area contributed by atoms with Crippen molar-refractivity contribution in [1.82, 2.24) is 0 Å². The molecule has 1 aromatic carbocycles. The number of nitrogens with zero attached hydrogens (tertiary/aromatic N) is 1. The Kier molecular flexibility index (Phi) is 13.6. The Labute approximate surface area is 146 Å². The molecule has 1 amide bonds. The second kappa shape index (κ2) is 12.4. The fraction of sp³-hybridized carbons (Fsp3) is 0.214. The average Bonchev–Trinajstić information content (AvgIpc) is 2.81. The van der Waals surface area contributed by atoms with Crippen molar-refractivity contribution in [3.05, 3.63) is 58.0 Å². The predicted molar refractivity (Wildman–Crippen MR) is 72.5 cm³/mol. The number of amides is 1. The molecule has 0 heterocycles. The van der Waals surface area contributed by atoms with Crippen LogP contribution in [0.1, 0.15) is 16.8 Å². The molecule has 0 saturated carbocycles. The fourth-order valence-corrected chi connectivity index (χ4v) is 2.17. The molecule has 0 N–H and O–H groups in total. The van der Waals surface area contributed by atoms with Crippen molar-refractivity contribution in [2.75, 3.05) is 0 Å². The van der Waals surface area contributed by atoms with Gasteiger partial charge >= 0.3 is 49.0 Å². The van der Waals surface area contributed by atoms with E-state index in [0.29, 0.717) is 5.56 Å². The topological polar surface area (TPSA) is 29.4 Å². The standard InChI is InChI=1S/C9H11NOSi.C5H5.2ClH.Ti/c1-12(2)10-9(11)8-6-4-3-5-7-8;1-2-4-5-3-1;;;/h3-7H,1-2H3;1-3H,4H2;2*1H;/q;;;;+2/p-2. The van der Waals surface area contributed by atoms with Crippen LogP contribution in [-0.4, -0.2) is 14.5 Å². The first kappa shape index (κ1) is 22.0.